The van der Waals surface area contributed by atoms with E-state index in [0.717, 1.165) is 11.3 Å². The van der Waals surface area contributed by atoms with Crippen LogP contribution in [0.15, 0.2) is 77.7 Å². The number of phenols is 1. The second kappa shape index (κ2) is 14.1. The second-order valence-corrected chi connectivity index (χ2v) is 12.1. The maximum absolute atomic E-state index is 10.0. The Bertz CT molecular complexity index is 1110. The van der Waals surface area contributed by atoms with E-state index >= 15 is 0 Å². The summed E-state index contributed by atoms with van der Waals surface area (Å²) >= 11 is 1.98. The lowest BCUT2D eigenvalue weighted by atomic mass is 9.76. The van der Waals surface area contributed by atoms with Crippen LogP contribution < -0.4 is 4.74 Å². The molecule has 4 heteroatoms. The smallest absolute Gasteiger partial charge is 0.126 e. The Hall–Kier alpha value is -2.43. The van der Waals surface area contributed by atoms with E-state index < -0.39 is 0 Å². The van der Waals surface area contributed by atoms with Crippen molar-refractivity contribution in [1.29, 1.82) is 0 Å². The third-order valence-corrected chi connectivity index (χ3v) is 9.30. The Labute approximate surface area is 233 Å². The van der Waals surface area contributed by atoms with Crippen molar-refractivity contribution < 1.29 is 9.84 Å². The molecule has 0 spiro atoms. The molecule has 38 heavy (non-hydrogen) atoms. The third-order valence-electron chi connectivity index (χ3n) is 8.21. The second-order valence-electron chi connectivity index (χ2n) is 11.0. The predicted octanol–water partition coefficient (Wildman–Crippen LogP) is 8.62. The van der Waals surface area contributed by atoms with E-state index in [2.05, 4.69) is 59.5 Å². The van der Waals surface area contributed by atoms with E-state index in [4.69, 9.17) is 4.74 Å². The number of benzene rings is 3. The summed E-state index contributed by atoms with van der Waals surface area (Å²) in [6.07, 6.45) is 12.4. The SMILES string of the molecule is Oc1ccc2c(c1)OCC(c1ccccc1)C2c1ccc(SCCCCCCCCCN2CCCC2)cc1. The first-order valence-corrected chi connectivity index (χ1v) is 15.7. The summed E-state index contributed by atoms with van der Waals surface area (Å²) in [5.41, 5.74) is 3.75. The van der Waals surface area contributed by atoms with Crippen molar-refractivity contribution in [3.63, 3.8) is 0 Å². The molecule has 2 atom stereocenters. The molecule has 3 aromatic rings. The highest BCUT2D eigenvalue weighted by Crippen LogP contribution is 2.47. The number of phenolic OH excluding ortho intramolecular Hbond substituents is 1. The van der Waals surface area contributed by atoms with Gasteiger partial charge in [0, 0.05) is 28.4 Å². The zero-order chi connectivity index (χ0) is 26.0. The van der Waals surface area contributed by atoms with Crippen molar-refractivity contribution >= 4 is 11.8 Å². The van der Waals surface area contributed by atoms with Gasteiger partial charge in [-0.1, -0.05) is 80.6 Å². The van der Waals surface area contributed by atoms with Crippen LogP contribution in [0.5, 0.6) is 11.5 Å². The van der Waals surface area contributed by atoms with Crippen LogP contribution in [0.4, 0.5) is 0 Å². The summed E-state index contributed by atoms with van der Waals surface area (Å²) in [5.74, 6) is 2.70. The minimum atomic E-state index is 0.205. The van der Waals surface area contributed by atoms with Crippen molar-refractivity contribution in [2.24, 2.45) is 0 Å². The molecule has 0 bridgehead atoms. The monoisotopic (exact) mass is 529 g/mol. The number of rotatable bonds is 13. The topological polar surface area (TPSA) is 32.7 Å². The number of hydrogen-bond acceptors (Lipinski definition) is 4. The molecule has 3 aromatic carbocycles. The molecule has 0 saturated carbocycles. The van der Waals surface area contributed by atoms with Gasteiger partial charge in [-0.3, -0.25) is 0 Å². The summed E-state index contributed by atoms with van der Waals surface area (Å²) in [6.45, 7) is 4.61. The van der Waals surface area contributed by atoms with Gasteiger partial charge < -0.3 is 14.7 Å². The molecule has 0 aliphatic carbocycles. The van der Waals surface area contributed by atoms with E-state index in [1.807, 2.05) is 17.8 Å². The Morgan fingerprint density at radius 2 is 1.47 bits per heavy atom. The molecule has 2 heterocycles. The fraction of sp³-hybridized carbons (Fsp3) is 0.471. The number of nitrogens with zero attached hydrogens (tertiary/aromatic N) is 1. The van der Waals surface area contributed by atoms with E-state index in [9.17, 15) is 5.11 Å². The van der Waals surface area contributed by atoms with Gasteiger partial charge >= 0.3 is 0 Å². The van der Waals surface area contributed by atoms with E-state index in [0.29, 0.717) is 6.61 Å². The fourth-order valence-electron chi connectivity index (χ4n) is 6.09. The molecule has 2 unspecified atom stereocenters. The summed E-state index contributed by atoms with van der Waals surface area (Å²) in [7, 11) is 0. The van der Waals surface area contributed by atoms with Crippen molar-refractivity contribution in [3.8, 4) is 11.5 Å². The highest BCUT2D eigenvalue weighted by molar-refractivity contribution is 7.99. The number of fused-ring (bicyclic) bond motifs is 1. The van der Waals surface area contributed by atoms with Crippen LogP contribution in [-0.4, -0.2) is 42.0 Å². The number of thioether (sulfide) groups is 1. The van der Waals surface area contributed by atoms with Crippen molar-refractivity contribution in [2.75, 3.05) is 32.0 Å². The molecule has 1 fully saturated rings. The first-order valence-electron chi connectivity index (χ1n) is 14.7. The summed E-state index contributed by atoms with van der Waals surface area (Å²) in [5, 5.41) is 10.0. The molecule has 3 nitrogen and oxygen atoms in total. The zero-order valence-corrected chi connectivity index (χ0v) is 23.5. The Balaban J connectivity index is 1.09. The third kappa shape index (κ3) is 7.36. The standard InChI is InChI=1S/C34H43NO2S/c36-29-17-20-31-33(25-29)37-26-32(27-13-7-6-8-14-27)34(31)28-15-18-30(19-16-28)38-24-12-5-3-1-2-4-9-21-35-22-10-11-23-35/h6-8,13-20,25,32,34,36H,1-5,9-12,21-24,26H2. The quantitative estimate of drug-likeness (QED) is 0.177. The summed E-state index contributed by atoms with van der Waals surface area (Å²) < 4.78 is 6.11. The van der Waals surface area contributed by atoms with Gasteiger partial charge in [0.25, 0.3) is 0 Å². The average molecular weight is 530 g/mol. The molecule has 2 aliphatic heterocycles. The lowest BCUT2D eigenvalue weighted by Gasteiger charge is -2.34. The molecule has 2 aliphatic rings. The number of hydrogen-bond donors (Lipinski definition) is 1. The Morgan fingerprint density at radius 3 is 2.24 bits per heavy atom. The van der Waals surface area contributed by atoms with Crippen LogP contribution in [0.25, 0.3) is 0 Å². The van der Waals surface area contributed by atoms with Gasteiger partial charge in [-0.2, -0.15) is 0 Å². The lowest BCUT2D eigenvalue weighted by Crippen LogP contribution is -2.25. The number of unbranched alkanes of at least 4 members (excludes halogenated alkanes) is 6. The van der Waals surface area contributed by atoms with Gasteiger partial charge in [0.2, 0.25) is 0 Å². The molecule has 1 N–H and O–H groups in total. The summed E-state index contributed by atoms with van der Waals surface area (Å²) in [4.78, 5) is 3.99. The number of ether oxygens (including phenoxy) is 1. The van der Waals surface area contributed by atoms with E-state index in [1.54, 1.807) is 12.1 Å². The molecule has 0 amide bonds. The molecular weight excluding hydrogens is 486 g/mol. The normalized spacial score (nSPS) is 19.3. The summed E-state index contributed by atoms with van der Waals surface area (Å²) in [6, 6.07) is 25.4. The molecule has 1 saturated heterocycles. The van der Waals surface area contributed by atoms with Crippen LogP contribution in [0.3, 0.4) is 0 Å². The van der Waals surface area contributed by atoms with Crippen molar-refractivity contribution in [2.45, 2.75) is 74.5 Å². The van der Waals surface area contributed by atoms with Gasteiger partial charge in [0.05, 0.1) is 6.61 Å². The Morgan fingerprint density at radius 1 is 0.763 bits per heavy atom. The van der Waals surface area contributed by atoms with E-state index in [1.165, 1.54) is 99.2 Å². The molecular formula is C34H43NO2S. The maximum atomic E-state index is 10.0. The van der Waals surface area contributed by atoms with Gasteiger partial charge in [-0.15, -0.1) is 11.8 Å². The lowest BCUT2D eigenvalue weighted by molar-refractivity contribution is 0.248. The van der Waals surface area contributed by atoms with Crippen LogP contribution in [0.2, 0.25) is 0 Å². The molecule has 0 radical (unpaired) electrons. The van der Waals surface area contributed by atoms with Crippen LogP contribution in [-0.2, 0) is 0 Å². The van der Waals surface area contributed by atoms with Gasteiger partial charge in [-0.05, 0) is 80.4 Å². The van der Waals surface area contributed by atoms with Crippen molar-refractivity contribution in [3.05, 3.63) is 89.5 Å². The van der Waals surface area contributed by atoms with E-state index in [-0.39, 0.29) is 17.6 Å². The minimum Gasteiger partial charge on any atom is -0.508 e. The molecule has 0 aromatic heterocycles. The van der Waals surface area contributed by atoms with Gasteiger partial charge in [0.15, 0.2) is 0 Å². The highest BCUT2D eigenvalue weighted by atomic mass is 32.2. The van der Waals surface area contributed by atoms with Crippen LogP contribution in [0, 0.1) is 0 Å². The number of likely N-dealkylation sites (tertiary alicyclic amines) is 1. The Kier molecular flexibility index (Phi) is 10.1. The zero-order valence-electron chi connectivity index (χ0n) is 22.7. The fourth-order valence-corrected chi connectivity index (χ4v) is 7.00. The minimum absolute atomic E-state index is 0.205. The van der Waals surface area contributed by atoms with Crippen molar-refractivity contribution in [1.82, 2.24) is 4.90 Å². The van der Waals surface area contributed by atoms with Gasteiger partial charge in [0.1, 0.15) is 11.5 Å². The van der Waals surface area contributed by atoms with Crippen LogP contribution >= 0.6 is 11.8 Å². The predicted molar refractivity (Wildman–Crippen MR) is 160 cm³/mol. The average Bonchev–Trinajstić information content (AvgIpc) is 3.48. The largest absolute Gasteiger partial charge is 0.508 e. The molecule has 5 rings (SSSR count). The van der Waals surface area contributed by atoms with Gasteiger partial charge in [-0.25, -0.2) is 0 Å². The number of aromatic hydroxyl groups is 1. The first-order chi connectivity index (χ1) is 18.8. The van der Waals surface area contributed by atoms with Crippen LogP contribution in [0.1, 0.15) is 86.3 Å². The first kappa shape index (κ1) is 27.1. The highest BCUT2D eigenvalue weighted by Gasteiger charge is 2.33. The molecule has 202 valence electrons. The maximum Gasteiger partial charge on any atom is 0.126 e.